The van der Waals surface area contributed by atoms with E-state index < -0.39 is 24.6 Å². The summed E-state index contributed by atoms with van der Waals surface area (Å²) in [6.07, 6.45) is -1.02. The first-order chi connectivity index (χ1) is 8.02. The molecule has 0 aliphatic heterocycles. The highest BCUT2D eigenvalue weighted by Gasteiger charge is 2.08. The molecule has 0 aliphatic carbocycles. The minimum absolute atomic E-state index is 0.0880. The number of anilines is 1. The van der Waals surface area contributed by atoms with Crippen LogP contribution in [0.2, 0.25) is 0 Å². The topological polar surface area (TPSA) is 81.6 Å². The number of carbonyl (C=O) groups is 1. The highest BCUT2D eigenvalue weighted by molar-refractivity contribution is 9.10. The van der Waals surface area contributed by atoms with Gasteiger partial charge in [-0.05, 0) is 34.1 Å². The average Bonchev–Trinajstić information content (AvgIpc) is 2.30. The molecule has 0 aliphatic rings. The summed E-state index contributed by atoms with van der Waals surface area (Å²) in [5, 5.41) is 22.3. The molecule has 7 heteroatoms. The zero-order valence-electron chi connectivity index (χ0n) is 8.78. The first-order valence-corrected chi connectivity index (χ1v) is 5.61. The highest BCUT2D eigenvalue weighted by atomic mass is 79.9. The molecular weight excluding hydrogens is 295 g/mol. The number of halogens is 2. The average molecular weight is 307 g/mol. The molecule has 0 spiro atoms. The van der Waals surface area contributed by atoms with Crippen LogP contribution in [0, 0.1) is 5.82 Å². The quantitative estimate of drug-likeness (QED) is 0.671. The molecule has 5 nitrogen and oxygen atoms in total. The van der Waals surface area contributed by atoms with Gasteiger partial charge in [0.15, 0.2) is 0 Å². The van der Waals surface area contributed by atoms with Crippen LogP contribution in [0.15, 0.2) is 22.7 Å². The van der Waals surface area contributed by atoms with E-state index in [9.17, 15) is 9.18 Å². The Morgan fingerprint density at radius 2 is 2.24 bits per heavy atom. The maximum atomic E-state index is 12.9. The fourth-order valence-electron chi connectivity index (χ4n) is 1.03. The molecule has 2 amide bonds. The van der Waals surface area contributed by atoms with Gasteiger partial charge in [-0.3, -0.25) is 0 Å². The summed E-state index contributed by atoms with van der Waals surface area (Å²) in [6.45, 7) is -0.529. The van der Waals surface area contributed by atoms with Gasteiger partial charge in [0, 0.05) is 11.0 Å². The third kappa shape index (κ3) is 4.68. The summed E-state index contributed by atoms with van der Waals surface area (Å²) >= 11 is 3.15. The van der Waals surface area contributed by atoms with E-state index in [4.69, 9.17) is 10.2 Å². The summed E-state index contributed by atoms with van der Waals surface area (Å²) < 4.78 is 13.4. The molecule has 1 aromatic carbocycles. The van der Waals surface area contributed by atoms with Crippen LogP contribution in [0.5, 0.6) is 0 Å². The first-order valence-electron chi connectivity index (χ1n) is 4.81. The van der Waals surface area contributed by atoms with Gasteiger partial charge in [0.2, 0.25) is 0 Å². The van der Waals surface area contributed by atoms with E-state index in [1.165, 1.54) is 12.1 Å². The van der Waals surface area contributed by atoms with Gasteiger partial charge in [0.05, 0.1) is 18.4 Å². The molecule has 0 radical (unpaired) electrons. The van der Waals surface area contributed by atoms with E-state index in [1.54, 1.807) is 0 Å². The number of hydrogen-bond acceptors (Lipinski definition) is 3. The van der Waals surface area contributed by atoms with Crippen LogP contribution in [-0.4, -0.2) is 35.5 Å². The van der Waals surface area contributed by atoms with Crippen molar-refractivity contribution < 1.29 is 19.4 Å². The van der Waals surface area contributed by atoms with Crippen molar-refractivity contribution in [3.63, 3.8) is 0 Å². The minimum Gasteiger partial charge on any atom is -0.394 e. The van der Waals surface area contributed by atoms with E-state index in [2.05, 4.69) is 26.6 Å². The van der Waals surface area contributed by atoms with Gasteiger partial charge >= 0.3 is 6.03 Å². The van der Waals surface area contributed by atoms with Crippen LogP contribution >= 0.6 is 15.9 Å². The maximum Gasteiger partial charge on any atom is 0.319 e. The number of aliphatic hydroxyl groups is 2. The molecule has 0 fully saturated rings. The van der Waals surface area contributed by atoms with Crippen LogP contribution in [0.4, 0.5) is 14.9 Å². The Kier molecular flexibility index (Phi) is 5.33. The van der Waals surface area contributed by atoms with E-state index >= 15 is 0 Å². The number of amides is 2. The molecule has 0 aromatic heterocycles. The van der Waals surface area contributed by atoms with Crippen molar-refractivity contribution in [1.82, 2.24) is 5.32 Å². The Hall–Kier alpha value is -1.18. The number of benzene rings is 1. The third-order valence-electron chi connectivity index (χ3n) is 1.89. The Balaban J connectivity index is 2.53. The lowest BCUT2D eigenvalue weighted by Crippen LogP contribution is -2.36. The van der Waals surface area contributed by atoms with Gasteiger partial charge < -0.3 is 20.8 Å². The predicted molar refractivity (Wildman–Crippen MR) is 64.2 cm³/mol. The molecule has 17 heavy (non-hydrogen) atoms. The Labute approximate surface area is 106 Å². The number of rotatable bonds is 4. The van der Waals surface area contributed by atoms with Crippen LogP contribution in [0.3, 0.4) is 0 Å². The van der Waals surface area contributed by atoms with Crippen molar-refractivity contribution in [2.75, 3.05) is 18.5 Å². The second-order valence-electron chi connectivity index (χ2n) is 3.30. The molecule has 94 valence electrons. The van der Waals surface area contributed by atoms with E-state index in [1.807, 2.05) is 0 Å². The van der Waals surface area contributed by atoms with E-state index in [0.29, 0.717) is 4.47 Å². The number of carbonyl (C=O) groups excluding carboxylic acids is 1. The van der Waals surface area contributed by atoms with Crippen LogP contribution in [0.25, 0.3) is 0 Å². The lowest BCUT2D eigenvalue weighted by molar-refractivity contribution is 0.0965. The van der Waals surface area contributed by atoms with Gasteiger partial charge in [0.25, 0.3) is 0 Å². The third-order valence-corrected chi connectivity index (χ3v) is 2.58. The fourth-order valence-corrected chi connectivity index (χ4v) is 1.38. The monoisotopic (exact) mass is 306 g/mol. The lowest BCUT2D eigenvalue weighted by atomic mass is 10.3. The van der Waals surface area contributed by atoms with Crippen molar-refractivity contribution in [2.24, 2.45) is 0 Å². The molecule has 0 saturated heterocycles. The zero-order valence-corrected chi connectivity index (χ0v) is 10.4. The summed E-state index contributed by atoms with van der Waals surface area (Å²) in [7, 11) is 0. The van der Waals surface area contributed by atoms with Crippen molar-refractivity contribution in [1.29, 1.82) is 0 Å². The fraction of sp³-hybridized carbons (Fsp3) is 0.300. The summed E-state index contributed by atoms with van der Waals surface area (Å²) in [4.78, 5) is 11.3. The van der Waals surface area contributed by atoms with Crippen molar-refractivity contribution in [3.8, 4) is 0 Å². The molecule has 0 unspecified atom stereocenters. The molecule has 0 bridgehead atoms. The largest absolute Gasteiger partial charge is 0.394 e. The smallest absolute Gasteiger partial charge is 0.319 e. The second-order valence-corrected chi connectivity index (χ2v) is 4.15. The maximum absolute atomic E-state index is 12.9. The first kappa shape index (κ1) is 13.9. The second kappa shape index (κ2) is 6.53. The number of hydrogen-bond donors (Lipinski definition) is 4. The Bertz CT molecular complexity index is 403. The van der Waals surface area contributed by atoms with Crippen molar-refractivity contribution in [3.05, 3.63) is 28.5 Å². The summed E-state index contributed by atoms with van der Waals surface area (Å²) in [6, 6.07) is 3.28. The molecule has 1 rings (SSSR count). The molecular formula is C10H12BrFN2O3. The van der Waals surface area contributed by atoms with E-state index in [0.717, 1.165) is 6.07 Å². The van der Waals surface area contributed by atoms with Gasteiger partial charge in [-0.2, -0.15) is 0 Å². The molecule has 4 N–H and O–H groups in total. The molecule has 0 heterocycles. The number of aliphatic hydroxyl groups excluding tert-OH is 2. The molecule has 0 saturated carbocycles. The lowest BCUT2D eigenvalue weighted by Gasteiger charge is -2.11. The van der Waals surface area contributed by atoms with Crippen LogP contribution < -0.4 is 10.6 Å². The SMILES string of the molecule is O=C(NC[C@H](O)CO)Nc1cc(F)ccc1Br. The summed E-state index contributed by atoms with van der Waals surface area (Å²) in [5.74, 6) is -0.473. The molecule has 1 atom stereocenters. The normalized spacial score (nSPS) is 12.0. The highest BCUT2D eigenvalue weighted by Crippen LogP contribution is 2.22. The minimum atomic E-state index is -1.02. The van der Waals surface area contributed by atoms with Crippen LogP contribution in [-0.2, 0) is 0 Å². The van der Waals surface area contributed by atoms with Crippen molar-refractivity contribution >= 4 is 27.6 Å². The van der Waals surface area contributed by atoms with Crippen LogP contribution in [0.1, 0.15) is 0 Å². The molecule has 1 aromatic rings. The van der Waals surface area contributed by atoms with Gasteiger partial charge in [-0.15, -0.1) is 0 Å². The zero-order chi connectivity index (χ0) is 12.8. The Morgan fingerprint density at radius 1 is 1.53 bits per heavy atom. The van der Waals surface area contributed by atoms with Gasteiger partial charge in [-0.25, -0.2) is 9.18 Å². The standard InChI is InChI=1S/C10H12BrFN2O3/c11-8-2-1-6(12)3-9(8)14-10(17)13-4-7(16)5-15/h1-3,7,15-16H,4-5H2,(H2,13,14,17)/t7-/m0/s1. The van der Waals surface area contributed by atoms with Gasteiger partial charge in [-0.1, -0.05) is 0 Å². The number of nitrogens with one attached hydrogen (secondary N) is 2. The Morgan fingerprint density at radius 3 is 2.88 bits per heavy atom. The number of urea groups is 1. The summed E-state index contributed by atoms with van der Waals surface area (Å²) in [5.41, 5.74) is 0.279. The van der Waals surface area contributed by atoms with E-state index in [-0.39, 0.29) is 12.2 Å². The van der Waals surface area contributed by atoms with Crippen molar-refractivity contribution in [2.45, 2.75) is 6.10 Å². The predicted octanol–water partition coefficient (Wildman–Crippen LogP) is 1.06. The van der Waals surface area contributed by atoms with Gasteiger partial charge in [0.1, 0.15) is 5.82 Å².